The van der Waals surface area contributed by atoms with Crippen LogP contribution in [-0.4, -0.2) is 24.0 Å². The Hall–Kier alpha value is -1.97. The number of Topliss-reactive ketones (excluding diaryl/α,β-unsaturated/α-hetero) is 2. The number of fused-ring (bicyclic) bond motifs is 2. The summed E-state index contributed by atoms with van der Waals surface area (Å²) in [6.45, 7) is 10.0. The maximum absolute atomic E-state index is 13.5. The average molecular weight is 327 g/mol. The Bertz CT molecular complexity index is 751. The van der Waals surface area contributed by atoms with Crippen molar-refractivity contribution in [3.8, 4) is 0 Å². The average Bonchev–Trinajstić information content (AvgIpc) is 2.80. The molecule has 1 aromatic carbocycles. The van der Waals surface area contributed by atoms with Gasteiger partial charge in [-0.1, -0.05) is 32.9 Å². The molecular weight excluding hydrogens is 302 g/mol. The van der Waals surface area contributed by atoms with Crippen LogP contribution in [0.25, 0.3) is 0 Å². The number of amides is 1. The minimum absolute atomic E-state index is 0.222. The van der Waals surface area contributed by atoms with E-state index < -0.39 is 22.0 Å². The number of nitrogens with zero attached hydrogens (tertiary/aromatic N) is 1. The van der Waals surface area contributed by atoms with E-state index in [0.29, 0.717) is 19.4 Å². The van der Waals surface area contributed by atoms with E-state index in [-0.39, 0.29) is 11.7 Å². The van der Waals surface area contributed by atoms with E-state index >= 15 is 0 Å². The molecule has 0 radical (unpaired) electrons. The molecule has 2 saturated carbocycles. The second kappa shape index (κ2) is 5.01. The summed E-state index contributed by atoms with van der Waals surface area (Å²) in [4.78, 5) is 40.7. The molecule has 4 heteroatoms. The predicted molar refractivity (Wildman–Crippen MR) is 92.8 cm³/mol. The van der Waals surface area contributed by atoms with Crippen LogP contribution in [0.5, 0.6) is 0 Å². The second-order valence-electron chi connectivity index (χ2n) is 7.91. The van der Waals surface area contributed by atoms with Crippen LogP contribution < -0.4 is 4.90 Å². The van der Waals surface area contributed by atoms with Gasteiger partial charge in [0.15, 0.2) is 0 Å². The van der Waals surface area contributed by atoms with Gasteiger partial charge in [-0.2, -0.15) is 0 Å². The van der Waals surface area contributed by atoms with Crippen molar-refractivity contribution in [1.82, 2.24) is 0 Å². The molecule has 2 aliphatic carbocycles. The molecule has 0 spiro atoms. The van der Waals surface area contributed by atoms with Gasteiger partial charge in [-0.25, -0.2) is 0 Å². The van der Waals surface area contributed by atoms with E-state index in [2.05, 4.69) is 0 Å². The molecule has 24 heavy (non-hydrogen) atoms. The van der Waals surface area contributed by atoms with Crippen molar-refractivity contribution in [2.45, 2.75) is 47.5 Å². The first-order valence-corrected chi connectivity index (χ1v) is 8.61. The number of aryl methyl sites for hydroxylation is 1. The van der Waals surface area contributed by atoms with Gasteiger partial charge in [-0.15, -0.1) is 0 Å². The molecule has 2 fully saturated rings. The Labute approximate surface area is 143 Å². The number of anilines is 1. The van der Waals surface area contributed by atoms with Crippen molar-refractivity contribution >= 4 is 23.2 Å². The summed E-state index contributed by atoms with van der Waals surface area (Å²) in [7, 11) is 0. The van der Waals surface area contributed by atoms with Crippen LogP contribution >= 0.6 is 0 Å². The lowest BCUT2D eigenvalue weighted by molar-refractivity contribution is -0.148. The number of rotatable bonds is 3. The minimum atomic E-state index is -1.22. The summed E-state index contributed by atoms with van der Waals surface area (Å²) < 4.78 is 0. The second-order valence-corrected chi connectivity index (χ2v) is 7.91. The highest BCUT2D eigenvalue weighted by Crippen LogP contribution is 2.69. The molecule has 2 atom stereocenters. The summed E-state index contributed by atoms with van der Waals surface area (Å²) in [5.41, 5.74) is -0.777. The zero-order valence-electron chi connectivity index (χ0n) is 15.1. The fourth-order valence-corrected chi connectivity index (χ4v) is 4.71. The zero-order chi connectivity index (χ0) is 17.9. The van der Waals surface area contributed by atoms with Crippen molar-refractivity contribution in [2.24, 2.45) is 16.2 Å². The molecule has 2 unspecified atom stereocenters. The molecule has 128 valence electrons. The Kier molecular flexibility index (Phi) is 3.52. The quantitative estimate of drug-likeness (QED) is 0.632. The fraction of sp³-hybridized carbons (Fsp3) is 0.550. The van der Waals surface area contributed by atoms with Crippen LogP contribution in [0, 0.1) is 23.2 Å². The monoisotopic (exact) mass is 327 g/mol. The van der Waals surface area contributed by atoms with Gasteiger partial charge in [-0.05, 0) is 49.8 Å². The molecule has 0 aromatic heterocycles. The van der Waals surface area contributed by atoms with Crippen molar-refractivity contribution in [2.75, 3.05) is 11.4 Å². The molecule has 2 aliphatic rings. The zero-order valence-corrected chi connectivity index (χ0v) is 15.1. The fourth-order valence-electron chi connectivity index (χ4n) is 4.71. The predicted octanol–water partition coefficient (Wildman–Crippen LogP) is 3.31. The Morgan fingerprint density at radius 1 is 1.12 bits per heavy atom. The molecule has 1 aromatic rings. The molecule has 3 rings (SSSR count). The van der Waals surface area contributed by atoms with Crippen LogP contribution in [0.4, 0.5) is 5.69 Å². The molecule has 0 N–H and O–H groups in total. The van der Waals surface area contributed by atoms with E-state index in [1.54, 1.807) is 4.90 Å². The topological polar surface area (TPSA) is 54.5 Å². The van der Waals surface area contributed by atoms with E-state index in [1.165, 1.54) is 0 Å². The molecule has 1 amide bonds. The smallest absolute Gasteiger partial charge is 0.241 e. The SMILES string of the molecule is CCN(C(=O)C12CCC(C)(C(=O)C1=O)C2(C)C)c1cccc(C)c1. The van der Waals surface area contributed by atoms with Crippen LogP contribution in [0.2, 0.25) is 0 Å². The van der Waals surface area contributed by atoms with Gasteiger partial charge in [0.2, 0.25) is 17.5 Å². The van der Waals surface area contributed by atoms with E-state index in [0.717, 1.165) is 11.3 Å². The van der Waals surface area contributed by atoms with Gasteiger partial charge < -0.3 is 4.90 Å². The minimum Gasteiger partial charge on any atom is -0.312 e. The normalized spacial score (nSPS) is 30.7. The van der Waals surface area contributed by atoms with Gasteiger partial charge in [0.05, 0.1) is 0 Å². The maximum Gasteiger partial charge on any atom is 0.241 e. The third-order valence-electron chi connectivity index (χ3n) is 6.78. The molecule has 4 nitrogen and oxygen atoms in total. The van der Waals surface area contributed by atoms with E-state index in [4.69, 9.17) is 0 Å². The van der Waals surface area contributed by atoms with Crippen LogP contribution in [-0.2, 0) is 14.4 Å². The molecule has 2 bridgehead atoms. The van der Waals surface area contributed by atoms with Gasteiger partial charge >= 0.3 is 0 Å². The number of carbonyl (C=O) groups excluding carboxylic acids is 3. The van der Waals surface area contributed by atoms with Crippen molar-refractivity contribution < 1.29 is 14.4 Å². The van der Waals surface area contributed by atoms with Crippen molar-refractivity contribution in [3.63, 3.8) is 0 Å². The Morgan fingerprint density at radius 2 is 1.79 bits per heavy atom. The first-order chi connectivity index (χ1) is 11.1. The first kappa shape index (κ1) is 16.9. The highest BCUT2D eigenvalue weighted by atomic mass is 16.2. The van der Waals surface area contributed by atoms with Crippen LogP contribution in [0.15, 0.2) is 24.3 Å². The summed E-state index contributed by atoms with van der Waals surface area (Å²) in [6.07, 6.45) is 1.06. The molecular formula is C20H25NO3. The summed E-state index contributed by atoms with van der Waals surface area (Å²) >= 11 is 0. The largest absolute Gasteiger partial charge is 0.312 e. The summed E-state index contributed by atoms with van der Waals surface area (Å²) in [5, 5.41) is 0. The van der Waals surface area contributed by atoms with Crippen molar-refractivity contribution in [1.29, 1.82) is 0 Å². The number of hydrogen-bond donors (Lipinski definition) is 0. The first-order valence-electron chi connectivity index (χ1n) is 8.61. The summed E-state index contributed by atoms with van der Waals surface area (Å²) in [6, 6.07) is 7.71. The van der Waals surface area contributed by atoms with Crippen LogP contribution in [0.3, 0.4) is 0 Å². The third kappa shape index (κ3) is 1.72. The molecule has 0 saturated heterocycles. The highest BCUT2D eigenvalue weighted by molar-refractivity contribution is 6.49. The molecule has 0 aliphatic heterocycles. The van der Waals surface area contributed by atoms with Crippen LogP contribution in [0.1, 0.15) is 46.1 Å². The number of hydrogen-bond acceptors (Lipinski definition) is 3. The number of ketones is 2. The maximum atomic E-state index is 13.5. The van der Waals surface area contributed by atoms with Gasteiger partial charge in [0.1, 0.15) is 5.41 Å². The van der Waals surface area contributed by atoms with Gasteiger partial charge in [-0.3, -0.25) is 14.4 Å². The number of carbonyl (C=O) groups is 3. The Balaban J connectivity index is 2.11. The summed E-state index contributed by atoms with van der Waals surface area (Å²) in [5.74, 6) is -1.08. The van der Waals surface area contributed by atoms with E-state index in [9.17, 15) is 14.4 Å². The Morgan fingerprint density at radius 3 is 2.29 bits per heavy atom. The lowest BCUT2D eigenvalue weighted by Crippen LogP contribution is -2.52. The van der Waals surface area contributed by atoms with E-state index in [1.807, 2.05) is 58.9 Å². The standard InChI is InChI=1S/C20H25NO3/c1-6-21(14-9-7-8-13(2)12-14)17(24)20-11-10-19(5,18(20,3)4)15(22)16(20)23/h7-9,12H,6,10-11H2,1-5H3. The van der Waals surface area contributed by atoms with Gasteiger partial charge in [0.25, 0.3) is 0 Å². The van der Waals surface area contributed by atoms with Crippen molar-refractivity contribution in [3.05, 3.63) is 29.8 Å². The van der Waals surface area contributed by atoms with Gasteiger partial charge in [0, 0.05) is 17.6 Å². The number of benzene rings is 1. The highest BCUT2D eigenvalue weighted by Gasteiger charge is 2.78. The molecule has 0 heterocycles. The lowest BCUT2D eigenvalue weighted by Gasteiger charge is -2.40. The third-order valence-corrected chi connectivity index (χ3v) is 6.78. The lowest BCUT2D eigenvalue weighted by atomic mass is 9.64.